The van der Waals surface area contributed by atoms with Crippen LogP contribution in [0.15, 0.2) is 18.5 Å². The zero-order valence-electron chi connectivity index (χ0n) is 6.32. The number of halogens is 1. The topological polar surface area (TPSA) is 79.3 Å². The number of nitrogens with zero attached hydrogens (tertiary/aromatic N) is 1. The van der Waals surface area contributed by atoms with E-state index in [-0.39, 0.29) is 10.7 Å². The van der Waals surface area contributed by atoms with E-state index in [0.717, 1.165) is 0 Å². The van der Waals surface area contributed by atoms with Crippen LogP contribution in [0.3, 0.4) is 0 Å². The average Bonchev–Trinajstić information content (AvgIpc) is 2.08. The van der Waals surface area contributed by atoms with Crippen molar-refractivity contribution in [3.8, 4) is 0 Å². The Morgan fingerprint density at radius 1 is 1.54 bits per heavy atom. The van der Waals surface area contributed by atoms with Gasteiger partial charge in [0.1, 0.15) is 0 Å². The van der Waals surface area contributed by atoms with Crippen molar-refractivity contribution in [3.63, 3.8) is 0 Å². The van der Waals surface area contributed by atoms with Crippen molar-refractivity contribution >= 4 is 29.2 Å². The molecule has 1 heterocycles. The summed E-state index contributed by atoms with van der Waals surface area (Å²) in [4.78, 5) is 24.5. The van der Waals surface area contributed by atoms with Gasteiger partial charge in [-0.15, -0.1) is 0 Å². The predicted molar refractivity (Wildman–Crippen MR) is 45.5 cm³/mol. The zero-order chi connectivity index (χ0) is 9.84. The molecule has 0 atom stereocenters. The van der Waals surface area contributed by atoms with E-state index in [1.54, 1.807) is 0 Å². The van der Waals surface area contributed by atoms with Crippen LogP contribution < -0.4 is 5.32 Å². The molecule has 0 saturated carbocycles. The highest BCUT2D eigenvalue weighted by molar-refractivity contribution is 6.39. The molecule has 1 amide bonds. The molecule has 0 aromatic carbocycles. The summed E-state index contributed by atoms with van der Waals surface area (Å²) in [5, 5.41) is 10.6. The van der Waals surface area contributed by atoms with E-state index in [4.69, 9.17) is 16.7 Å². The molecule has 0 saturated heterocycles. The second-order valence-electron chi connectivity index (χ2n) is 2.11. The van der Waals surface area contributed by atoms with Gasteiger partial charge in [-0.2, -0.15) is 0 Å². The van der Waals surface area contributed by atoms with E-state index in [0.29, 0.717) is 0 Å². The van der Waals surface area contributed by atoms with Crippen molar-refractivity contribution in [2.45, 2.75) is 0 Å². The van der Waals surface area contributed by atoms with Gasteiger partial charge in [-0.1, -0.05) is 11.6 Å². The summed E-state index contributed by atoms with van der Waals surface area (Å²) in [6.07, 6.45) is 2.70. The molecule has 5 nitrogen and oxygen atoms in total. The van der Waals surface area contributed by atoms with Crippen LogP contribution in [0.2, 0.25) is 5.02 Å². The van der Waals surface area contributed by atoms with E-state index < -0.39 is 11.9 Å². The lowest BCUT2D eigenvalue weighted by Gasteiger charge is -2.02. The van der Waals surface area contributed by atoms with Crippen molar-refractivity contribution in [3.05, 3.63) is 23.5 Å². The van der Waals surface area contributed by atoms with Crippen molar-refractivity contribution in [2.24, 2.45) is 0 Å². The first-order valence-corrected chi connectivity index (χ1v) is 3.63. The van der Waals surface area contributed by atoms with Gasteiger partial charge in [0, 0.05) is 6.20 Å². The van der Waals surface area contributed by atoms with Gasteiger partial charge in [-0.3, -0.25) is 9.78 Å². The highest BCUT2D eigenvalue weighted by Crippen LogP contribution is 2.18. The first-order valence-electron chi connectivity index (χ1n) is 3.25. The Balaban J connectivity index is 2.81. The molecule has 0 radical (unpaired) electrons. The minimum atomic E-state index is -1.57. The van der Waals surface area contributed by atoms with Gasteiger partial charge in [-0.25, -0.2) is 4.79 Å². The lowest BCUT2D eigenvalue weighted by atomic mass is 10.4. The quantitative estimate of drug-likeness (QED) is 0.656. The van der Waals surface area contributed by atoms with Crippen molar-refractivity contribution in [1.82, 2.24) is 4.98 Å². The molecule has 0 unspecified atom stereocenters. The number of aromatic nitrogens is 1. The molecule has 1 aromatic heterocycles. The summed E-state index contributed by atoms with van der Waals surface area (Å²) in [6, 6.07) is 1.44. The van der Waals surface area contributed by atoms with Crippen molar-refractivity contribution in [2.75, 3.05) is 5.32 Å². The van der Waals surface area contributed by atoms with Crippen LogP contribution in [0.25, 0.3) is 0 Å². The molecule has 13 heavy (non-hydrogen) atoms. The number of anilines is 1. The standard InChI is InChI=1S/C7H5ClN2O3/c8-4-1-2-9-3-5(4)10-6(11)7(12)13/h1-3H,(H,10,11)(H,12,13). The Hall–Kier alpha value is -1.62. The van der Waals surface area contributed by atoms with Gasteiger partial charge in [0.2, 0.25) is 0 Å². The Bertz CT molecular complexity index is 353. The number of hydrogen-bond donors (Lipinski definition) is 2. The molecule has 0 aliphatic rings. The monoisotopic (exact) mass is 200 g/mol. The van der Waals surface area contributed by atoms with Gasteiger partial charge in [0.25, 0.3) is 0 Å². The number of carbonyl (C=O) groups excluding carboxylic acids is 1. The van der Waals surface area contributed by atoms with Gasteiger partial charge in [0.05, 0.1) is 16.9 Å². The summed E-state index contributed by atoms with van der Waals surface area (Å²) >= 11 is 5.63. The van der Waals surface area contributed by atoms with Crippen LogP contribution in [0.1, 0.15) is 0 Å². The van der Waals surface area contributed by atoms with Gasteiger partial charge >= 0.3 is 11.9 Å². The van der Waals surface area contributed by atoms with Crippen molar-refractivity contribution in [1.29, 1.82) is 0 Å². The molecule has 1 rings (SSSR count). The fourth-order valence-corrected chi connectivity index (χ4v) is 0.798. The average molecular weight is 201 g/mol. The van der Waals surface area contributed by atoms with Crippen LogP contribution in [-0.2, 0) is 9.59 Å². The number of rotatable bonds is 1. The largest absolute Gasteiger partial charge is 0.474 e. The summed E-state index contributed by atoms with van der Waals surface area (Å²) in [6.45, 7) is 0. The molecule has 0 aliphatic carbocycles. The van der Waals surface area contributed by atoms with Crippen LogP contribution >= 0.6 is 11.6 Å². The van der Waals surface area contributed by atoms with Gasteiger partial charge < -0.3 is 10.4 Å². The van der Waals surface area contributed by atoms with E-state index in [1.165, 1.54) is 18.5 Å². The summed E-state index contributed by atoms with van der Waals surface area (Å²) < 4.78 is 0. The molecule has 0 bridgehead atoms. The molecule has 0 spiro atoms. The first kappa shape index (κ1) is 9.47. The Kier molecular flexibility index (Phi) is 2.81. The maximum absolute atomic E-state index is 10.7. The second-order valence-corrected chi connectivity index (χ2v) is 2.52. The van der Waals surface area contributed by atoms with E-state index in [9.17, 15) is 9.59 Å². The zero-order valence-corrected chi connectivity index (χ0v) is 7.08. The van der Waals surface area contributed by atoms with E-state index in [2.05, 4.69) is 10.3 Å². The first-order chi connectivity index (χ1) is 6.11. The molecular weight excluding hydrogens is 196 g/mol. The highest BCUT2D eigenvalue weighted by atomic mass is 35.5. The lowest BCUT2D eigenvalue weighted by molar-refractivity contribution is -0.147. The third kappa shape index (κ3) is 2.41. The molecule has 0 fully saturated rings. The number of nitrogens with one attached hydrogen (secondary N) is 1. The minimum Gasteiger partial charge on any atom is -0.474 e. The SMILES string of the molecule is O=C(O)C(=O)Nc1cnccc1Cl. The van der Waals surface area contributed by atoms with Gasteiger partial charge in [0.15, 0.2) is 0 Å². The fourth-order valence-electron chi connectivity index (χ4n) is 0.645. The number of carboxylic acid groups (broad SMARTS) is 1. The Morgan fingerprint density at radius 2 is 2.23 bits per heavy atom. The van der Waals surface area contributed by atoms with Crippen LogP contribution in [0.4, 0.5) is 5.69 Å². The Labute approximate surface area is 78.4 Å². The number of hydrogen-bond acceptors (Lipinski definition) is 3. The van der Waals surface area contributed by atoms with Crippen molar-refractivity contribution < 1.29 is 14.7 Å². The number of carboxylic acids is 1. The normalized spacial score (nSPS) is 9.31. The number of amides is 1. The molecule has 6 heteroatoms. The Morgan fingerprint density at radius 3 is 2.77 bits per heavy atom. The summed E-state index contributed by atoms with van der Waals surface area (Å²) in [5.74, 6) is -2.71. The smallest absolute Gasteiger partial charge is 0.394 e. The molecule has 2 N–H and O–H groups in total. The predicted octanol–water partition coefficient (Wildman–Crippen LogP) is 0.758. The summed E-state index contributed by atoms with van der Waals surface area (Å²) in [7, 11) is 0. The second kappa shape index (κ2) is 3.86. The highest BCUT2D eigenvalue weighted by Gasteiger charge is 2.12. The molecular formula is C7H5ClN2O3. The third-order valence-corrected chi connectivity index (χ3v) is 1.54. The van der Waals surface area contributed by atoms with Crippen LogP contribution in [0, 0.1) is 0 Å². The molecule has 1 aromatic rings. The number of carbonyl (C=O) groups is 2. The van der Waals surface area contributed by atoms with Crippen LogP contribution in [0.5, 0.6) is 0 Å². The summed E-state index contributed by atoms with van der Waals surface area (Å²) in [5.41, 5.74) is 0.177. The van der Waals surface area contributed by atoms with E-state index in [1.807, 2.05) is 0 Å². The van der Waals surface area contributed by atoms with E-state index >= 15 is 0 Å². The molecule has 0 aliphatic heterocycles. The lowest BCUT2D eigenvalue weighted by Crippen LogP contribution is -2.22. The number of pyridine rings is 1. The van der Waals surface area contributed by atoms with Gasteiger partial charge in [-0.05, 0) is 6.07 Å². The number of aliphatic carboxylic acids is 1. The third-order valence-electron chi connectivity index (χ3n) is 1.21. The molecule has 68 valence electrons. The van der Waals surface area contributed by atoms with Crippen LogP contribution in [-0.4, -0.2) is 22.0 Å². The maximum atomic E-state index is 10.7. The fraction of sp³-hybridized carbons (Fsp3) is 0. The minimum absolute atomic E-state index is 0.177. The maximum Gasteiger partial charge on any atom is 0.394 e.